The Morgan fingerprint density at radius 3 is 2.85 bits per heavy atom. The second kappa shape index (κ2) is 8.56. The van der Waals surface area contributed by atoms with Crippen LogP contribution in [0.1, 0.15) is 24.9 Å². The minimum atomic E-state index is 0.775. The van der Waals surface area contributed by atoms with E-state index in [0.29, 0.717) is 0 Å². The second-order valence-electron chi connectivity index (χ2n) is 6.51. The van der Waals surface area contributed by atoms with Gasteiger partial charge in [0, 0.05) is 45.5 Å². The van der Waals surface area contributed by atoms with Crippen LogP contribution in [0.25, 0.3) is 11.0 Å². The standard InChI is InChI=1S/C20H28N6/c1-4-21-20(26(3)15-16-9-8-14-25(16)2)22-13-7-12-19-23-17-10-5-6-11-18(17)24-19/h5-6,8-11,14H,4,7,12-13,15H2,1-3H3,(H,21,22)(H,23,24). The molecule has 138 valence electrons. The Hall–Kier alpha value is -2.76. The van der Waals surface area contributed by atoms with Gasteiger partial charge in [0.25, 0.3) is 0 Å². The van der Waals surface area contributed by atoms with Gasteiger partial charge in [0.1, 0.15) is 5.82 Å². The van der Waals surface area contributed by atoms with Crippen molar-refractivity contribution in [2.45, 2.75) is 26.3 Å². The maximum absolute atomic E-state index is 4.77. The zero-order chi connectivity index (χ0) is 18.4. The molecule has 0 aliphatic heterocycles. The number of imidazole rings is 1. The lowest BCUT2D eigenvalue weighted by Crippen LogP contribution is -2.38. The third-order valence-electron chi connectivity index (χ3n) is 4.42. The van der Waals surface area contributed by atoms with Crippen molar-refractivity contribution in [3.8, 4) is 0 Å². The number of nitrogens with zero attached hydrogens (tertiary/aromatic N) is 4. The molecule has 3 aromatic rings. The van der Waals surface area contributed by atoms with Crippen LogP contribution in [0.4, 0.5) is 0 Å². The van der Waals surface area contributed by atoms with Gasteiger partial charge in [0.2, 0.25) is 0 Å². The first-order chi connectivity index (χ1) is 12.7. The monoisotopic (exact) mass is 352 g/mol. The van der Waals surface area contributed by atoms with E-state index < -0.39 is 0 Å². The molecule has 26 heavy (non-hydrogen) atoms. The van der Waals surface area contributed by atoms with E-state index in [4.69, 9.17) is 4.99 Å². The van der Waals surface area contributed by atoms with Gasteiger partial charge >= 0.3 is 0 Å². The quantitative estimate of drug-likeness (QED) is 0.390. The summed E-state index contributed by atoms with van der Waals surface area (Å²) in [5, 5.41) is 3.38. The highest BCUT2D eigenvalue weighted by Gasteiger charge is 2.08. The number of hydrogen-bond donors (Lipinski definition) is 2. The number of aryl methyl sites for hydroxylation is 2. The van der Waals surface area contributed by atoms with Crippen molar-refractivity contribution in [2.24, 2.45) is 12.0 Å². The zero-order valence-corrected chi connectivity index (χ0v) is 15.9. The van der Waals surface area contributed by atoms with Crippen LogP contribution in [0.5, 0.6) is 0 Å². The predicted octanol–water partition coefficient (Wildman–Crippen LogP) is 2.93. The smallest absolute Gasteiger partial charge is 0.194 e. The normalized spacial score (nSPS) is 11.9. The number of guanidine groups is 1. The Morgan fingerprint density at radius 1 is 1.27 bits per heavy atom. The van der Waals surface area contributed by atoms with E-state index in [1.807, 2.05) is 18.2 Å². The lowest BCUT2D eigenvalue weighted by molar-refractivity contribution is 0.461. The van der Waals surface area contributed by atoms with E-state index in [1.54, 1.807) is 0 Å². The number of benzene rings is 1. The molecule has 0 saturated carbocycles. The summed E-state index contributed by atoms with van der Waals surface area (Å²) in [6, 6.07) is 12.4. The van der Waals surface area contributed by atoms with Gasteiger partial charge in [-0.1, -0.05) is 12.1 Å². The number of hydrogen-bond acceptors (Lipinski definition) is 2. The minimum absolute atomic E-state index is 0.775. The van der Waals surface area contributed by atoms with Crippen molar-refractivity contribution < 1.29 is 0 Å². The molecule has 0 bridgehead atoms. The minimum Gasteiger partial charge on any atom is -0.357 e. The first-order valence-corrected chi connectivity index (χ1v) is 9.20. The van der Waals surface area contributed by atoms with Crippen LogP contribution in [-0.2, 0) is 20.0 Å². The van der Waals surface area contributed by atoms with Gasteiger partial charge in [-0.05, 0) is 37.6 Å². The van der Waals surface area contributed by atoms with Crippen LogP contribution in [-0.4, -0.2) is 45.5 Å². The van der Waals surface area contributed by atoms with Crippen LogP contribution in [0, 0.1) is 0 Å². The number of rotatable bonds is 7. The highest BCUT2D eigenvalue weighted by atomic mass is 15.3. The third-order valence-corrected chi connectivity index (χ3v) is 4.42. The van der Waals surface area contributed by atoms with E-state index >= 15 is 0 Å². The number of H-pyrrole nitrogens is 1. The number of para-hydroxylation sites is 2. The van der Waals surface area contributed by atoms with Crippen LogP contribution in [0.2, 0.25) is 0 Å². The second-order valence-corrected chi connectivity index (χ2v) is 6.51. The first kappa shape index (κ1) is 18.0. The molecule has 0 aliphatic carbocycles. The highest BCUT2D eigenvalue weighted by Crippen LogP contribution is 2.11. The van der Waals surface area contributed by atoms with Crippen molar-refractivity contribution >= 4 is 17.0 Å². The molecule has 0 radical (unpaired) electrons. The SMILES string of the molecule is CCNC(=NCCCc1nc2ccccc2[nH]1)N(C)Cc1cccn1C. The number of aromatic nitrogens is 3. The lowest BCUT2D eigenvalue weighted by atomic mass is 10.3. The molecule has 0 unspecified atom stereocenters. The summed E-state index contributed by atoms with van der Waals surface area (Å²) in [4.78, 5) is 14.9. The molecule has 0 fully saturated rings. The molecular weight excluding hydrogens is 324 g/mol. The average molecular weight is 352 g/mol. The van der Waals surface area contributed by atoms with E-state index in [-0.39, 0.29) is 0 Å². The first-order valence-electron chi connectivity index (χ1n) is 9.20. The molecule has 2 aromatic heterocycles. The maximum atomic E-state index is 4.77. The summed E-state index contributed by atoms with van der Waals surface area (Å²) in [5.74, 6) is 1.97. The number of aliphatic imine (C=N–C) groups is 1. The zero-order valence-electron chi connectivity index (χ0n) is 15.9. The van der Waals surface area contributed by atoms with Crippen molar-refractivity contribution in [3.63, 3.8) is 0 Å². The van der Waals surface area contributed by atoms with Crippen molar-refractivity contribution in [2.75, 3.05) is 20.1 Å². The fourth-order valence-corrected chi connectivity index (χ4v) is 3.00. The van der Waals surface area contributed by atoms with Gasteiger partial charge in [-0.25, -0.2) is 4.98 Å². The average Bonchev–Trinajstić information content (AvgIpc) is 3.23. The number of nitrogens with one attached hydrogen (secondary N) is 2. The molecule has 0 aliphatic rings. The topological polar surface area (TPSA) is 61.2 Å². The number of aromatic amines is 1. The molecular formula is C20H28N6. The Bertz CT molecular complexity index is 827. The molecule has 3 rings (SSSR count). The van der Waals surface area contributed by atoms with Gasteiger partial charge in [-0.3, -0.25) is 4.99 Å². The number of fused-ring (bicyclic) bond motifs is 1. The van der Waals surface area contributed by atoms with E-state index in [0.717, 1.165) is 55.3 Å². The summed E-state index contributed by atoms with van der Waals surface area (Å²) in [7, 11) is 4.15. The van der Waals surface area contributed by atoms with Crippen molar-refractivity contribution in [1.29, 1.82) is 0 Å². The Morgan fingerprint density at radius 2 is 2.12 bits per heavy atom. The van der Waals surface area contributed by atoms with Gasteiger partial charge in [-0.15, -0.1) is 0 Å². The molecule has 1 aromatic carbocycles. The van der Waals surface area contributed by atoms with E-state index in [9.17, 15) is 0 Å². The van der Waals surface area contributed by atoms with Gasteiger partial charge in [0.05, 0.1) is 17.6 Å². The third kappa shape index (κ3) is 4.45. The summed E-state index contributed by atoms with van der Waals surface area (Å²) < 4.78 is 2.14. The molecule has 6 nitrogen and oxygen atoms in total. The van der Waals surface area contributed by atoms with Gasteiger partial charge in [0.15, 0.2) is 5.96 Å². The molecule has 0 atom stereocenters. The van der Waals surface area contributed by atoms with Crippen molar-refractivity contribution in [1.82, 2.24) is 24.8 Å². The lowest BCUT2D eigenvalue weighted by Gasteiger charge is -2.22. The van der Waals surface area contributed by atoms with Crippen LogP contribution >= 0.6 is 0 Å². The van der Waals surface area contributed by atoms with Gasteiger partial charge in [-0.2, -0.15) is 0 Å². The Labute approximate surface area is 155 Å². The Balaban J connectivity index is 1.55. The highest BCUT2D eigenvalue weighted by molar-refractivity contribution is 5.79. The predicted molar refractivity (Wildman–Crippen MR) is 107 cm³/mol. The van der Waals surface area contributed by atoms with Gasteiger partial charge < -0.3 is 19.8 Å². The summed E-state index contributed by atoms with van der Waals surface area (Å²) >= 11 is 0. The van der Waals surface area contributed by atoms with Crippen LogP contribution in [0.15, 0.2) is 47.6 Å². The fourth-order valence-electron chi connectivity index (χ4n) is 3.00. The van der Waals surface area contributed by atoms with E-state index in [1.165, 1.54) is 5.69 Å². The van der Waals surface area contributed by atoms with Crippen LogP contribution < -0.4 is 5.32 Å². The Kier molecular flexibility index (Phi) is 5.94. The largest absolute Gasteiger partial charge is 0.357 e. The van der Waals surface area contributed by atoms with Crippen LogP contribution in [0.3, 0.4) is 0 Å². The molecule has 0 saturated heterocycles. The van der Waals surface area contributed by atoms with E-state index in [2.05, 4.69) is 70.2 Å². The molecule has 2 heterocycles. The van der Waals surface area contributed by atoms with Crippen molar-refractivity contribution in [3.05, 3.63) is 54.1 Å². The molecule has 2 N–H and O–H groups in total. The molecule has 0 amide bonds. The summed E-state index contributed by atoms with van der Waals surface area (Å²) in [6.45, 7) is 4.57. The molecule has 6 heteroatoms. The maximum Gasteiger partial charge on any atom is 0.194 e. The summed E-state index contributed by atoms with van der Waals surface area (Å²) in [6.07, 6.45) is 3.94. The summed E-state index contributed by atoms with van der Waals surface area (Å²) in [5.41, 5.74) is 3.39. The molecule has 0 spiro atoms. The fraction of sp³-hybridized carbons (Fsp3) is 0.400.